The number of hydrogen-bond donors (Lipinski definition) is 0. The number of aromatic nitrogens is 2. The van der Waals surface area contributed by atoms with Crippen LogP contribution in [0.5, 0.6) is 5.75 Å². The average Bonchev–Trinajstić information content (AvgIpc) is 2.83. The monoisotopic (exact) mass is 481 g/mol. The number of carbonyl (C=O) groups excluding carboxylic acids is 1. The van der Waals surface area contributed by atoms with Gasteiger partial charge in [0, 0.05) is 32.7 Å². The molecule has 9 heteroatoms. The Morgan fingerprint density at radius 1 is 1.00 bits per heavy atom. The zero-order valence-electron chi connectivity index (χ0n) is 20.6. The summed E-state index contributed by atoms with van der Waals surface area (Å²) in [6.07, 6.45) is 5.02. The number of likely N-dealkylation sites (tertiary alicyclic amines) is 1. The van der Waals surface area contributed by atoms with Gasteiger partial charge in [0.25, 0.3) is 0 Å². The first-order chi connectivity index (χ1) is 17.0. The largest absolute Gasteiger partial charge is 0.482 e. The molecule has 3 aliphatic rings. The fraction of sp³-hybridized carbons (Fsp3) is 0.577. The number of anilines is 1. The van der Waals surface area contributed by atoms with E-state index in [0.717, 1.165) is 32.5 Å². The van der Waals surface area contributed by atoms with Crippen LogP contribution >= 0.6 is 0 Å². The predicted octanol–water partition coefficient (Wildman–Crippen LogP) is 2.95. The number of ether oxygens (including phenoxy) is 3. The van der Waals surface area contributed by atoms with Gasteiger partial charge in [0.05, 0.1) is 37.7 Å². The van der Waals surface area contributed by atoms with Crippen LogP contribution in [-0.4, -0.2) is 89.5 Å². The molecule has 4 heterocycles. The quantitative estimate of drug-likeness (QED) is 0.623. The van der Waals surface area contributed by atoms with Crippen LogP contribution in [0.25, 0.3) is 0 Å². The molecule has 0 radical (unpaired) electrons. The summed E-state index contributed by atoms with van der Waals surface area (Å²) in [6, 6.07) is 10.5. The lowest BCUT2D eigenvalue weighted by atomic mass is 10.1. The molecule has 0 bridgehead atoms. The predicted molar refractivity (Wildman–Crippen MR) is 131 cm³/mol. The topological polar surface area (TPSA) is 80.3 Å². The third-order valence-corrected chi connectivity index (χ3v) is 6.99. The fourth-order valence-corrected chi connectivity index (χ4v) is 5.08. The van der Waals surface area contributed by atoms with Crippen LogP contribution in [0.3, 0.4) is 0 Å². The van der Waals surface area contributed by atoms with Gasteiger partial charge in [0.1, 0.15) is 12.2 Å². The number of hydrogen-bond acceptors (Lipinski definition) is 8. The highest BCUT2D eigenvalue weighted by molar-refractivity contribution is 5.69. The van der Waals surface area contributed by atoms with Gasteiger partial charge in [-0.05, 0) is 32.3 Å². The van der Waals surface area contributed by atoms with Crippen molar-refractivity contribution in [1.29, 1.82) is 0 Å². The van der Waals surface area contributed by atoms with Crippen LogP contribution in [0.15, 0.2) is 42.7 Å². The second-order valence-electron chi connectivity index (χ2n) is 9.85. The molecule has 5 rings (SSSR count). The van der Waals surface area contributed by atoms with Gasteiger partial charge in [0.15, 0.2) is 5.75 Å². The molecule has 0 unspecified atom stereocenters. The summed E-state index contributed by atoms with van der Waals surface area (Å²) in [5.74, 6) is 1.31. The van der Waals surface area contributed by atoms with E-state index in [4.69, 9.17) is 14.2 Å². The molecular weight excluding hydrogens is 446 g/mol. The maximum atomic E-state index is 13.1. The summed E-state index contributed by atoms with van der Waals surface area (Å²) in [5.41, 5.74) is 1.32. The van der Waals surface area contributed by atoms with E-state index in [0.29, 0.717) is 38.0 Å². The first kappa shape index (κ1) is 23.8. The Morgan fingerprint density at radius 3 is 2.26 bits per heavy atom. The molecule has 9 nitrogen and oxygen atoms in total. The van der Waals surface area contributed by atoms with Gasteiger partial charge in [-0.25, -0.2) is 14.8 Å². The zero-order valence-corrected chi connectivity index (χ0v) is 20.6. The van der Waals surface area contributed by atoms with Crippen molar-refractivity contribution < 1.29 is 19.0 Å². The average molecular weight is 482 g/mol. The second-order valence-corrected chi connectivity index (χ2v) is 9.85. The molecule has 1 aromatic heterocycles. The molecule has 1 amide bonds. The molecule has 3 fully saturated rings. The van der Waals surface area contributed by atoms with Crippen molar-refractivity contribution in [2.24, 2.45) is 0 Å². The van der Waals surface area contributed by atoms with Crippen molar-refractivity contribution >= 4 is 12.0 Å². The maximum Gasteiger partial charge on any atom is 0.410 e. The van der Waals surface area contributed by atoms with Crippen molar-refractivity contribution in [3.05, 3.63) is 48.3 Å². The van der Waals surface area contributed by atoms with Gasteiger partial charge in [0.2, 0.25) is 5.95 Å². The SMILES string of the molecule is C[C@@H]1CN(c2ncc(OC3COC3)cn2)C[C@H](C)N1C(=O)OC1CCN(Cc2ccccc2)CC1. The lowest BCUT2D eigenvalue weighted by Gasteiger charge is -2.44. The van der Waals surface area contributed by atoms with Gasteiger partial charge in [-0.1, -0.05) is 30.3 Å². The van der Waals surface area contributed by atoms with Gasteiger partial charge in [-0.15, -0.1) is 0 Å². The number of nitrogens with zero attached hydrogens (tertiary/aromatic N) is 5. The number of amides is 1. The minimum Gasteiger partial charge on any atom is -0.482 e. The van der Waals surface area contributed by atoms with E-state index in [-0.39, 0.29) is 30.4 Å². The van der Waals surface area contributed by atoms with Gasteiger partial charge in [-0.3, -0.25) is 9.80 Å². The molecular formula is C26H35N5O4. The van der Waals surface area contributed by atoms with Crippen LogP contribution in [0, 0.1) is 0 Å². The molecule has 1 aromatic carbocycles. The molecule has 35 heavy (non-hydrogen) atoms. The third-order valence-electron chi connectivity index (χ3n) is 6.99. The Morgan fingerprint density at radius 2 is 1.66 bits per heavy atom. The summed E-state index contributed by atoms with van der Waals surface area (Å²) in [6.45, 7) is 9.48. The number of carbonyl (C=O) groups is 1. The zero-order chi connectivity index (χ0) is 24.2. The molecule has 0 spiro atoms. The van der Waals surface area contributed by atoms with Crippen molar-refractivity contribution in [3.63, 3.8) is 0 Å². The van der Waals surface area contributed by atoms with Crippen LogP contribution in [-0.2, 0) is 16.0 Å². The minimum absolute atomic E-state index is 0.00364. The molecule has 3 saturated heterocycles. The molecule has 0 aliphatic carbocycles. The first-order valence-corrected chi connectivity index (χ1v) is 12.6. The summed E-state index contributed by atoms with van der Waals surface area (Å²) in [7, 11) is 0. The highest BCUT2D eigenvalue weighted by Crippen LogP contribution is 2.24. The van der Waals surface area contributed by atoms with Crippen LogP contribution in [0.1, 0.15) is 32.3 Å². The van der Waals surface area contributed by atoms with E-state index in [1.807, 2.05) is 11.0 Å². The Kier molecular flexibility index (Phi) is 7.34. The Labute approximate surface area is 207 Å². The molecule has 0 N–H and O–H groups in total. The van der Waals surface area contributed by atoms with E-state index in [9.17, 15) is 4.79 Å². The normalized spacial score (nSPS) is 24.2. The van der Waals surface area contributed by atoms with Crippen molar-refractivity contribution in [3.8, 4) is 5.75 Å². The lowest BCUT2D eigenvalue weighted by Crippen LogP contribution is -2.59. The molecule has 3 aliphatic heterocycles. The molecule has 188 valence electrons. The van der Waals surface area contributed by atoms with E-state index < -0.39 is 0 Å². The number of rotatable bonds is 6. The number of piperidine rings is 1. The second kappa shape index (κ2) is 10.8. The minimum atomic E-state index is -0.210. The van der Waals surface area contributed by atoms with Crippen LogP contribution in [0.2, 0.25) is 0 Å². The number of benzene rings is 1. The highest BCUT2D eigenvalue weighted by Gasteiger charge is 2.36. The van der Waals surface area contributed by atoms with E-state index in [1.54, 1.807) is 12.4 Å². The van der Waals surface area contributed by atoms with Gasteiger partial charge < -0.3 is 19.1 Å². The van der Waals surface area contributed by atoms with Crippen molar-refractivity contribution in [2.75, 3.05) is 44.3 Å². The van der Waals surface area contributed by atoms with Crippen LogP contribution < -0.4 is 9.64 Å². The van der Waals surface area contributed by atoms with Crippen LogP contribution in [0.4, 0.5) is 10.7 Å². The molecule has 0 saturated carbocycles. The third kappa shape index (κ3) is 5.85. The lowest BCUT2D eigenvalue weighted by molar-refractivity contribution is -0.0799. The Bertz CT molecular complexity index is 951. The molecule has 2 aromatic rings. The fourth-order valence-electron chi connectivity index (χ4n) is 5.08. The van der Waals surface area contributed by atoms with Crippen molar-refractivity contribution in [2.45, 2.75) is 57.5 Å². The Balaban J connectivity index is 1.10. The molecule has 2 atom stereocenters. The standard InChI is InChI=1S/C26H35N5O4/c1-19-14-30(25-27-12-23(13-28-25)34-24-17-33-18-24)15-20(2)31(19)26(32)35-22-8-10-29(11-9-22)16-21-6-4-3-5-7-21/h3-7,12-13,19-20,22,24H,8-11,14-18H2,1-2H3/t19-,20+. The summed E-state index contributed by atoms with van der Waals surface area (Å²) in [5, 5.41) is 0. The van der Waals surface area contributed by atoms with Crippen molar-refractivity contribution in [1.82, 2.24) is 19.8 Å². The van der Waals surface area contributed by atoms with Gasteiger partial charge in [-0.2, -0.15) is 0 Å². The van der Waals surface area contributed by atoms with E-state index in [1.165, 1.54) is 5.56 Å². The van der Waals surface area contributed by atoms with Gasteiger partial charge >= 0.3 is 6.09 Å². The number of piperazine rings is 1. The smallest absolute Gasteiger partial charge is 0.410 e. The summed E-state index contributed by atoms with van der Waals surface area (Å²) >= 11 is 0. The maximum absolute atomic E-state index is 13.1. The summed E-state index contributed by atoms with van der Waals surface area (Å²) < 4.78 is 16.8. The highest BCUT2D eigenvalue weighted by atomic mass is 16.6. The Hall–Kier alpha value is -2.91. The first-order valence-electron chi connectivity index (χ1n) is 12.6. The summed E-state index contributed by atoms with van der Waals surface area (Å²) in [4.78, 5) is 28.5. The van der Waals surface area contributed by atoms with E-state index >= 15 is 0 Å². The van der Waals surface area contributed by atoms with E-state index in [2.05, 4.69) is 57.9 Å².